The summed E-state index contributed by atoms with van der Waals surface area (Å²) in [5.74, 6) is 0. The lowest BCUT2D eigenvalue weighted by Gasteiger charge is -2.11. The smallest absolute Gasteiger partial charge is 0.152 e. The number of para-hydroxylation sites is 1. The number of carbonyl (C=O) groups is 2. The van der Waals surface area contributed by atoms with Crippen LogP contribution in [0.3, 0.4) is 0 Å². The molecule has 0 saturated carbocycles. The van der Waals surface area contributed by atoms with Gasteiger partial charge in [0.2, 0.25) is 0 Å². The molecule has 0 saturated heterocycles. The van der Waals surface area contributed by atoms with Crippen molar-refractivity contribution >= 4 is 23.9 Å². The van der Waals surface area contributed by atoms with Gasteiger partial charge in [-0.15, -0.1) is 0 Å². The average Bonchev–Trinajstić information content (AvgIpc) is 2.41. The number of anilines is 2. The van der Waals surface area contributed by atoms with E-state index in [9.17, 15) is 9.59 Å². The van der Waals surface area contributed by atoms with Crippen LogP contribution in [0.25, 0.3) is 0 Å². The van der Waals surface area contributed by atoms with Gasteiger partial charge in [0.25, 0.3) is 0 Å². The summed E-state index contributed by atoms with van der Waals surface area (Å²) >= 11 is 0. The Morgan fingerprint density at radius 3 is 2.39 bits per heavy atom. The zero-order valence-corrected chi connectivity index (χ0v) is 10.0. The molecule has 0 amide bonds. The molecule has 0 aliphatic carbocycles. The number of nitrogens with one attached hydrogen (secondary N) is 1. The topological polar surface area (TPSA) is 46.2 Å². The average molecular weight is 239 g/mol. The van der Waals surface area contributed by atoms with Crippen LogP contribution in [0.5, 0.6) is 0 Å². The summed E-state index contributed by atoms with van der Waals surface area (Å²) in [5.41, 5.74) is 3.85. The number of carbonyl (C=O) groups excluding carboxylic acids is 2. The molecule has 0 radical (unpaired) electrons. The Labute approximate surface area is 105 Å². The highest BCUT2D eigenvalue weighted by molar-refractivity contribution is 5.86. The van der Waals surface area contributed by atoms with E-state index >= 15 is 0 Å². The predicted molar refractivity (Wildman–Crippen MR) is 71.7 cm³/mol. The molecule has 0 aliphatic rings. The highest BCUT2D eigenvalue weighted by Gasteiger charge is 2.03. The third kappa shape index (κ3) is 2.46. The summed E-state index contributed by atoms with van der Waals surface area (Å²) in [6.45, 7) is 1.92. The molecule has 0 aliphatic heterocycles. The van der Waals surface area contributed by atoms with Crippen molar-refractivity contribution < 1.29 is 9.59 Å². The molecule has 0 bridgehead atoms. The minimum absolute atomic E-state index is 0.608. The maximum Gasteiger partial charge on any atom is 0.152 e. The molecule has 2 rings (SSSR count). The summed E-state index contributed by atoms with van der Waals surface area (Å²) < 4.78 is 0. The lowest BCUT2D eigenvalue weighted by Crippen LogP contribution is -1.97. The number of benzene rings is 2. The zero-order valence-electron chi connectivity index (χ0n) is 10.0. The van der Waals surface area contributed by atoms with Gasteiger partial charge in [0.15, 0.2) is 6.29 Å². The van der Waals surface area contributed by atoms with E-state index in [0.717, 1.165) is 29.5 Å². The summed E-state index contributed by atoms with van der Waals surface area (Å²) in [6, 6.07) is 12.7. The second kappa shape index (κ2) is 5.27. The molecule has 18 heavy (non-hydrogen) atoms. The van der Waals surface area contributed by atoms with Gasteiger partial charge in [0, 0.05) is 22.5 Å². The first kappa shape index (κ1) is 12.0. The minimum Gasteiger partial charge on any atom is -0.355 e. The van der Waals surface area contributed by atoms with Crippen LogP contribution in [0.1, 0.15) is 26.3 Å². The molecule has 1 N–H and O–H groups in total. The van der Waals surface area contributed by atoms with Crippen LogP contribution in [0.15, 0.2) is 42.5 Å². The Balaban J connectivity index is 2.34. The number of hydrogen-bond donors (Lipinski definition) is 1. The Kier molecular flexibility index (Phi) is 3.53. The molecule has 0 fully saturated rings. The third-order valence-corrected chi connectivity index (χ3v) is 2.74. The Bertz CT molecular complexity index is 591. The maximum absolute atomic E-state index is 10.9. The van der Waals surface area contributed by atoms with Crippen LogP contribution in [0.2, 0.25) is 0 Å². The highest BCUT2D eigenvalue weighted by Crippen LogP contribution is 2.23. The van der Waals surface area contributed by atoms with Crippen LogP contribution in [0, 0.1) is 6.92 Å². The molecule has 0 spiro atoms. The third-order valence-electron chi connectivity index (χ3n) is 2.74. The van der Waals surface area contributed by atoms with E-state index in [1.54, 1.807) is 18.2 Å². The molecule has 3 heteroatoms. The molecule has 0 aromatic heterocycles. The molecule has 3 nitrogen and oxygen atoms in total. The van der Waals surface area contributed by atoms with Gasteiger partial charge in [-0.3, -0.25) is 9.59 Å². The summed E-state index contributed by atoms with van der Waals surface area (Å²) in [6.07, 6.45) is 1.63. The Morgan fingerprint density at radius 2 is 1.72 bits per heavy atom. The van der Waals surface area contributed by atoms with Crippen molar-refractivity contribution in [2.45, 2.75) is 6.92 Å². The van der Waals surface area contributed by atoms with Crippen LogP contribution >= 0.6 is 0 Å². The lowest BCUT2D eigenvalue weighted by atomic mass is 10.1. The molecular weight excluding hydrogens is 226 g/mol. The maximum atomic E-state index is 10.9. The molecule has 0 heterocycles. The second-order valence-corrected chi connectivity index (χ2v) is 4.02. The van der Waals surface area contributed by atoms with Crippen molar-refractivity contribution in [3.8, 4) is 0 Å². The SMILES string of the molecule is Cc1cc(C=O)ccc1Nc1ccccc1C=O. The van der Waals surface area contributed by atoms with Crippen molar-refractivity contribution in [3.63, 3.8) is 0 Å². The first-order valence-corrected chi connectivity index (χ1v) is 5.61. The van der Waals surface area contributed by atoms with E-state index in [1.807, 2.05) is 31.2 Å². The second-order valence-electron chi connectivity index (χ2n) is 4.02. The van der Waals surface area contributed by atoms with E-state index in [-0.39, 0.29) is 0 Å². The van der Waals surface area contributed by atoms with Gasteiger partial charge >= 0.3 is 0 Å². The van der Waals surface area contributed by atoms with Gasteiger partial charge in [0.05, 0.1) is 0 Å². The highest BCUT2D eigenvalue weighted by atomic mass is 16.1. The monoisotopic (exact) mass is 239 g/mol. The van der Waals surface area contributed by atoms with Crippen molar-refractivity contribution in [2.75, 3.05) is 5.32 Å². The Morgan fingerprint density at radius 1 is 0.944 bits per heavy atom. The summed E-state index contributed by atoms with van der Waals surface area (Å²) in [4.78, 5) is 21.6. The van der Waals surface area contributed by atoms with E-state index < -0.39 is 0 Å². The van der Waals surface area contributed by atoms with E-state index in [1.165, 1.54) is 0 Å². The Hall–Kier alpha value is -2.42. The van der Waals surface area contributed by atoms with Gasteiger partial charge in [0.1, 0.15) is 6.29 Å². The molecule has 2 aromatic rings. The molecule has 2 aromatic carbocycles. The van der Waals surface area contributed by atoms with E-state index in [0.29, 0.717) is 11.1 Å². The quantitative estimate of drug-likeness (QED) is 0.832. The number of rotatable bonds is 4. The van der Waals surface area contributed by atoms with Gasteiger partial charge in [-0.05, 0) is 42.8 Å². The van der Waals surface area contributed by atoms with Crippen molar-refractivity contribution in [1.29, 1.82) is 0 Å². The van der Waals surface area contributed by atoms with Gasteiger partial charge in [-0.2, -0.15) is 0 Å². The van der Waals surface area contributed by atoms with Crippen molar-refractivity contribution in [2.24, 2.45) is 0 Å². The van der Waals surface area contributed by atoms with Gasteiger partial charge in [-0.1, -0.05) is 12.1 Å². The number of aldehydes is 2. The van der Waals surface area contributed by atoms with E-state index in [4.69, 9.17) is 0 Å². The molecular formula is C15H13NO2. The normalized spacial score (nSPS) is 9.83. The van der Waals surface area contributed by atoms with Crippen molar-refractivity contribution in [1.82, 2.24) is 0 Å². The fourth-order valence-corrected chi connectivity index (χ4v) is 1.76. The number of aryl methyl sites for hydroxylation is 1. The minimum atomic E-state index is 0.608. The van der Waals surface area contributed by atoms with Crippen LogP contribution in [-0.2, 0) is 0 Å². The van der Waals surface area contributed by atoms with E-state index in [2.05, 4.69) is 5.32 Å². The fraction of sp³-hybridized carbons (Fsp3) is 0.0667. The standard InChI is InChI=1S/C15H13NO2/c1-11-8-12(9-17)6-7-14(11)16-15-5-3-2-4-13(15)10-18/h2-10,16H,1H3. The zero-order chi connectivity index (χ0) is 13.0. The van der Waals surface area contributed by atoms with Crippen molar-refractivity contribution in [3.05, 3.63) is 59.2 Å². The lowest BCUT2D eigenvalue weighted by molar-refractivity contribution is 0.111. The molecule has 0 atom stereocenters. The molecule has 90 valence electrons. The van der Waals surface area contributed by atoms with Gasteiger partial charge < -0.3 is 5.32 Å². The van der Waals surface area contributed by atoms with Crippen LogP contribution in [0.4, 0.5) is 11.4 Å². The fourth-order valence-electron chi connectivity index (χ4n) is 1.76. The summed E-state index contributed by atoms with van der Waals surface area (Å²) in [7, 11) is 0. The van der Waals surface area contributed by atoms with Crippen LogP contribution in [-0.4, -0.2) is 12.6 Å². The summed E-state index contributed by atoms with van der Waals surface area (Å²) in [5, 5.41) is 3.20. The number of hydrogen-bond acceptors (Lipinski definition) is 3. The largest absolute Gasteiger partial charge is 0.355 e. The molecule has 0 unspecified atom stereocenters. The predicted octanol–water partition coefficient (Wildman–Crippen LogP) is 3.36. The first-order chi connectivity index (χ1) is 8.74. The first-order valence-electron chi connectivity index (χ1n) is 5.61. The van der Waals surface area contributed by atoms with Gasteiger partial charge in [-0.25, -0.2) is 0 Å². The van der Waals surface area contributed by atoms with Crippen LogP contribution < -0.4 is 5.32 Å².